The van der Waals surface area contributed by atoms with Crippen LogP contribution in [0.5, 0.6) is 0 Å². The number of hydrogen-bond donors (Lipinski definition) is 10. The van der Waals surface area contributed by atoms with Gasteiger partial charge in [-0.1, -0.05) is 0 Å². The molecule has 18 heteroatoms. The van der Waals surface area contributed by atoms with Crippen LogP contribution in [0.25, 0.3) is 0 Å². The molecule has 4 rings (SSSR count). The summed E-state index contributed by atoms with van der Waals surface area (Å²) in [6.45, 7) is 0.139. The van der Waals surface area contributed by atoms with E-state index >= 15 is 0 Å². The Bertz CT molecular complexity index is 1010. The summed E-state index contributed by atoms with van der Waals surface area (Å²) in [5.41, 5.74) is 0. The molecule has 1 saturated carbocycles. The van der Waals surface area contributed by atoms with Crippen LogP contribution in [-0.2, 0) is 28.5 Å². The molecular weight excluding hydrogens is 568 g/mol. The van der Waals surface area contributed by atoms with E-state index in [1.54, 1.807) is 7.05 Å². The minimum absolute atomic E-state index is 0.130. The Balaban J connectivity index is 1.66. The minimum Gasteiger partial charge on any atom is -0.459 e. The minimum atomic E-state index is -1.92. The molecule has 3 aliphatic heterocycles. The molecule has 1 aliphatic carbocycles. The number of aliphatic hydroxyl groups excluding tert-OH is 8. The summed E-state index contributed by atoms with van der Waals surface area (Å²) in [6, 6.07) is -5.02. The molecule has 0 aromatic heterocycles. The lowest BCUT2D eigenvalue weighted by atomic mass is 9.91. The van der Waals surface area contributed by atoms with Crippen molar-refractivity contribution in [1.29, 1.82) is 0 Å². The Morgan fingerprint density at radius 2 is 1.57 bits per heavy atom. The zero-order valence-corrected chi connectivity index (χ0v) is 23.2. The Kier molecular flexibility index (Phi) is 10.3. The van der Waals surface area contributed by atoms with E-state index in [0.29, 0.717) is 0 Å². The number of carbonyl (C=O) groups is 2. The summed E-state index contributed by atoms with van der Waals surface area (Å²) in [5.74, 6) is -2.28. The molecule has 42 heavy (non-hydrogen) atoms. The number of nitrogens with zero attached hydrogens (tertiary/aromatic N) is 2. The summed E-state index contributed by atoms with van der Waals surface area (Å²) in [7, 11) is 1.55. The third kappa shape index (κ3) is 5.81. The molecule has 240 valence electrons. The van der Waals surface area contributed by atoms with Gasteiger partial charge in [0.25, 0.3) is 6.02 Å². The Morgan fingerprint density at radius 3 is 2.12 bits per heavy atom. The number of amides is 2. The Hall–Kier alpha value is -2.23. The highest BCUT2D eigenvalue weighted by Crippen LogP contribution is 2.41. The van der Waals surface area contributed by atoms with Gasteiger partial charge in [0.05, 0.1) is 25.9 Å². The maximum atomic E-state index is 13.1. The summed E-state index contributed by atoms with van der Waals surface area (Å²) >= 11 is 0. The van der Waals surface area contributed by atoms with Gasteiger partial charge in [-0.25, -0.2) is 4.99 Å². The summed E-state index contributed by atoms with van der Waals surface area (Å²) in [4.78, 5) is 30.1. The largest absolute Gasteiger partial charge is 0.459 e. The van der Waals surface area contributed by atoms with Gasteiger partial charge in [0.2, 0.25) is 11.8 Å². The van der Waals surface area contributed by atoms with E-state index in [1.807, 2.05) is 0 Å². The third-order valence-electron chi connectivity index (χ3n) is 8.22. The van der Waals surface area contributed by atoms with E-state index in [1.165, 1.54) is 0 Å². The van der Waals surface area contributed by atoms with E-state index in [4.69, 9.17) is 18.9 Å². The van der Waals surface area contributed by atoms with E-state index in [2.05, 4.69) is 15.6 Å². The van der Waals surface area contributed by atoms with Crippen LogP contribution in [0.1, 0.15) is 13.8 Å². The fourth-order valence-electron chi connectivity index (χ4n) is 6.30. The highest BCUT2D eigenvalue weighted by Gasteiger charge is 2.61. The molecule has 18 nitrogen and oxygen atoms in total. The lowest BCUT2D eigenvalue weighted by Gasteiger charge is -2.51. The SMILES string of the molecule is CNC1=N[C@@H]2[C@H](O)[C@H](N(C(C)=O)[C@@H]3[C@@H](O)[C@H](O[C@@H]4O[C@H](CO)[C@@H](O)[C@H](O)[C@H]4NC(C)=O)[C@@H](CO)O[C@H]3O)[C@@H](CO)[C@@H]2O1. The van der Waals surface area contributed by atoms with Crippen molar-refractivity contribution in [3.8, 4) is 0 Å². The van der Waals surface area contributed by atoms with Gasteiger partial charge in [0.1, 0.15) is 67.0 Å². The quantitative estimate of drug-likeness (QED) is 0.123. The highest BCUT2D eigenvalue weighted by molar-refractivity contribution is 5.77. The molecule has 2 amide bonds. The number of aliphatic imine (C=N–C) groups is 1. The van der Waals surface area contributed by atoms with Crippen molar-refractivity contribution in [2.45, 2.75) is 99.4 Å². The van der Waals surface area contributed by atoms with Crippen LogP contribution in [0.2, 0.25) is 0 Å². The van der Waals surface area contributed by atoms with Crippen molar-refractivity contribution in [3.63, 3.8) is 0 Å². The first-order valence-electron chi connectivity index (χ1n) is 13.6. The maximum Gasteiger partial charge on any atom is 0.285 e. The molecule has 15 atom stereocenters. The summed E-state index contributed by atoms with van der Waals surface area (Å²) in [5, 5.41) is 89.6. The van der Waals surface area contributed by atoms with Gasteiger partial charge in [-0.2, -0.15) is 0 Å². The molecule has 0 aromatic carbocycles. The van der Waals surface area contributed by atoms with E-state index in [-0.39, 0.29) is 6.02 Å². The number of carbonyl (C=O) groups excluding carboxylic acids is 2. The van der Waals surface area contributed by atoms with Crippen LogP contribution < -0.4 is 10.6 Å². The van der Waals surface area contributed by atoms with Crippen molar-refractivity contribution < 1.29 is 69.4 Å². The molecule has 0 radical (unpaired) electrons. The zero-order chi connectivity index (χ0) is 31.0. The lowest BCUT2D eigenvalue weighted by molar-refractivity contribution is -0.335. The van der Waals surface area contributed by atoms with Crippen LogP contribution in [0.15, 0.2) is 4.99 Å². The van der Waals surface area contributed by atoms with Crippen molar-refractivity contribution in [3.05, 3.63) is 0 Å². The van der Waals surface area contributed by atoms with Crippen LogP contribution in [0.4, 0.5) is 0 Å². The van der Waals surface area contributed by atoms with Crippen LogP contribution in [-0.4, -0.2) is 176 Å². The van der Waals surface area contributed by atoms with Crippen molar-refractivity contribution >= 4 is 17.8 Å². The van der Waals surface area contributed by atoms with E-state index < -0.39 is 123 Å². The van der Waals surface area contributed by atoms with Gasteiger partial charge in [-0.3, -0.25) is 9.59 Å². The summed E-state index contributed by atoms with van der Waals surface area (Å²) < 4.78 is 22.7. The molecule has 4 aliphatic rings. The molecule has 3 heterocycles. The Morgan fingerprint density at radius 1 is 0.905 bits per heavy atom. The second kappa shape index (κ2) is 13.2. The second-order valence-corrected chi connectivity index (χ2v) is 10.8. The van der Waals surface area contributed by atoms with Gasteiger partial charge < -0.3 is 75.3 Å². The normalized spacial score (nSPS) is 45.0. The first-order chi connectivity index (χ1) is 19.9. The topological polar surface area (TPSA) is 273 Å². The number of nitrogens with one attached hydrogen (secondary N) is 2. The molecule has 10 N–H and O–H groups in total. The molecule has 2 saturated heterocycles. The van der Waals surface area contributed by atoms with Gasteiger partial charge >= 0.3 is 0 Å². The van der Waals surface area contributed by atoms with Crippen molar-refractivity contribution in [2.24, 2.45) is 10.9 Å². The fourth-order valence-corrected chi connectivity index (χ4v) is 6.30. The smallest absolute Gasteiger partial charge is 0.285 e. The standard InChI is InChI=1S/C24H40N4O14/c1-7(32)26-13-18(36)16(34)10(5-30)40-23(13)41-21-11(6-31)39-22(38)15(19(21)37)28(8(2)33)14-9(4-29)20-12(17(14)35)27-24(25-3)42-20/h9-23,29-31,34-38H,4-6H2,1-3H3,(H,25,27)(H,26,32)/t9-,10-,11-,12-,13-,14-,15-,16-,17+,18-,19-,20+,21-,22-,23+/m1/s1. The van der Waals surface area contributed by atoms with Gasteiger partial charge in [-0.15, -0.1) is 0 Å². The number of fused-ring (bicyclic) bond motifs is 1. The van der Waals surface area contributed by atoms with Crippen molar-refractivity contribution in [2.75, 3.05) is 26.9 Å². The van der Waals surface area contributed by atoms with Gasteiger partial charge in [-0.05, 0) is 0 Å². The summed E-state index contributed by atoms with van der Waals surface area (Å²) in [6.07, 6.45) is -15.3. The van der Waals surface area contributed by atoms with Gasteiger partial charge in [0, 0.05) is 26.8 Å². The van der Waals surface area contributed by atoms with Crippen LogP contribution >= 0.6 is 0 Å². The molecule has 0 spiro atoms. The highest BCUT2D eigenvalue weighted by atomic mass is 16.7. The maximum absolute atomic E-state index is 13.1. The van der Waals surface area contributed by atoms with Crippen molar-refractivity contribution in [1.82, 2.24) is 15.5 Å². The first-order valence-corrected chi connectivity index (χ1v) is 13.6. The number of aliphatic hydroxyl groups is 8. The first kappa shape index (κ1) is 32.7. The predicted octanol–water partition coefficient (Wildman–Crippen LogP) is -6.70. The molecule has 0 aromatic rings. The zero-order valence-electron chi connectivity index (χ0n) is 23.2. The average molecular weight is 609 g/mol. The van der Waals surface area contributed by atoms with Crippen LogP contribution in [0.3, 0.4) is 0 Å². The predicted molar refractivity (Wildman–Crippen MR) is 136 cm³/mol. The molecule has 3 fully saturated rings. The Labute approximate surface area is 240 Å². The van der Waals surface area contributed by atoms with Crippen LogP contribution in [0, 0.1) is 5.92 Å². The monoisotopic (exact) mass is 608 g/mol. The average Bonchev–Trinajstić information content (AvgIpc) is 3.48. The third-order valence-corrected chi connectivity index (χ3v) is 8.22. The lowest BCUT2D eigenvalue weighted by Crippen LogP contribution is -2.71. The molecular formula is C24H40N4O14. The molecule has 0 unspecified atom stereocenters. The van der Waals surface area contributed by atoms with Gasteiger partial charge in [0.15, 0.2) is 12.6 Å². The second-order valence-electron chi connectivity index (χ2n) is 10.8. The number of amidine groups is 1. The van der Waals surface area contributed by atoms with E-state index in [0.717, 1.165) is 18.7 Å². The number of ether oxygens (including phenoxy) is 4. The van der Waals surface area contributed by atoms with E-state index in [9.17, 15) is 50.4 Å². The fraction of sp³-hybridized carbons (Fsp3) is 0.875. The molecule has 0 bridgehead atoms. The number of hydrogen-bond acceptors (Lipinski definition) is 16. The number of rotatable bonds is 8.